The molecule has 0 saturated carbocycles. The zero-order valence-electron chi connectivity index (χ0n) is 12.0. The first-order valence-electron chi connectivity index (χ1n) is 6.98. The number of benzene rings is 2. The van der Waals surface area contributed by atoms with Crippen LogP contribution in [0.2, 0.25) is 5.02 Å². The summed E-state index contributed by atoms with van der Waals surface area (Å²) in [6, 6.07) is 13.9. The van der Waals surface area contributed by atoms with Crippen molar-refractivity contribution in [1.82, 2.24) is 0 Å². The summed E-state index contributed by atoms with van der Waals surface area (Å²) in [5.74, 6) is -1.04. The van der Waals surface area contributed by atoms with Crippen molar-refractivity contribution in [2.75, 3.05) is 10.6 Å². The molecule has 1 atom stereocenters. The zero-order chi connectivity index (χ0) is 16.4. The lowest BCUT2D eigenvalue weighted by Gasteiger charge is -2.24. The summed E-state index contributed by atoms with van der Waals surface area (Å²) in [6.45, 7) is 0. The van der Waals surface area contributed by atoms with E-state index in [2.05, 4.69) is 10.6 Å². The van der Waals surface area contributed by atoms with Crippen LogP contribution in [-0.4, -0.2) is 11.8 Å². The second kappa shape index (κ2) is 6.11. The number of para-hydroxylation sites is 1. The Morgan fingerprint density at radius 2 is 2.09 bits per heavy atom. The van der Waals surface area contributed by atoms with Gasteiger partial charge >= 0.3 is 0 Å². The molecule has 5 nitrogen and oxygen atoms in total. The predicted molar refractivity (Wildman–Crippen MR) is 87.2 cm³/mol. The summed E-state index contributed by atoms with van der Waals surface area (Å²) in [5.41, 5.74) is 2.26. The Hall–Kier alpha value is -2.84. The van der Waals surface area contributed by atoms with E-state index in [4.69, 9.17) is 16.9 Å². The highest BCUT2D eigenvalue weighted by Gasteiger charge is 2.30. The number of nitrogens with one attached hydrogen (secondary N) is 2. The lowest BCUT2D eigenvalue weighted by molar-refractivity contribution is -0.123. The molecule has 0 saturated heterocycles. The van der Waals surface area contributed by atoms with Crippen molar-refractivity contribution >= 4 is 34.8 Å². The number of fused-ring (bicyclic) bond motifs is 1. The SMILES string of the molecule is N#Cc1ccc(NC(=O)C2CC(=O)Nc3ccccc32)cc1Cl. The number of nitrogens with zero attached hydrogens (tertiary/aromatic N) is 1. The third-order valence-electron chi connectivity index (χ3n) is 3.67. The molecule has 0 aliphatic carbocycles. The summed E-state index contributed by atoms with van der Waals surface area (Å²) in [4.78, 5) is 24.3. The van der Waals surface area contributed by atoms with Gasteiger partial charge in [-0.25, -0.2) is 0 Å². The Labute approximate surface area is 137 Å². The predicted octanol–water partition coefficient (Wildman–Crippen LogP) is 3.28. The van der Waals surface area contributed by atoms with Crippen LogP contribution in [0.4, 0.5) is 11.4 Å². The molecule has 2 aromatic carbocycles. The van der Waals surface area contributed by atoms with Gasteiger partial charge in [-0.1, -0.05) is 29.8 Å². The Morgan fingerprint density at radius 1 is 1.30 bits per heavy atom. The second-order valence-corrected chi connectivity index (χ2v) is 5.60. The molecule has 1 aliphatic rings. The van der Waals surface area contributed by atoms with E-state index in [9.17, 15) is 9.59 Å². The van der Waals surface area contributed by atoms with E-state index < -0.39 is 5.92 Å². The van der Waals surface area contributed by atoms with Crippen molar-refractivity contribution in [1.29, 1.82) is 5.26 Å². The Kier molecular flexibility index (Phi) is 4.00. The Balaban J connectivity index is 1.85. The molecule has 3 rings (SSSR count). The zero-order valence-corrected chi connectivity index (χ0v) is 12.7. The molecule has 0 fully saturated rings. The van der Waals surface area contributed by atoms with Gasteiger partial charge in [0.15, 0.2) is 0 Å². The van der Waals surface area contributed by atoms with Crippen molar-refractivity contribution in [2.45, 2.75) is 12.3 Å². The van der Waals surface area contributed by atoms with E-state index in [-0.39, 0.29) is 23.3 Å². The molecule has 2 N–H and O–H groups in total. The number of anilines is 2. The van der Waals surface area contributed by atoms with E-state index in [1.807, 2.05) is 18.2 Å². The van der Waals surface area contributed by atoms with Crippen molar-refractivity contribution in [3.05, 3.63) is 58.6 Å². The highest BCUT2D eigenvalue weighted by molar-refractivity contribution is 6.32. The molecule has 2 amide bonds. The number of rotatable bonds is 2. The third-order valence-corrected chi connectivity index (χ3v) is 3.99. The summed E-state index contributed by atoms with van der Waals surface area (Å²) < 4.78 is 0. The van der Waals surface area contributed by atoms with Gasteiger partial charge in [-0.05, 0) is 29.8 Å². The molecule has 1 heterocycles. The number of hydrogen-bond donors (Lipinski definition) is 2. The molecule has 114 valence electrons. The average molecular weight is 326 g/mol. The molecule has 0 spiro atoms. The van der Waals surface area contributed by atoms with E-state index in [1.165, 1.54) is 6.07 Å². The van der Waals surface area contributed by atoms with Crippen molar-refractivity contribution in [3.63, 3.8) is 0 Å². The van der Waals surface area contributed by atoms with Crippen LogP contribution in [-0.2, 0) is 9.59 Å². The maximum Gasteiger partial charge on any atom is 0.232 e. The van der Waals surface area contributed by atoms with Crippen LogP contribution in [0.15, 0.2) is 42.5 Å². The van der Waals surface area contributed by atoms with E-state index in [0.29, 0.717) is 16.9 Å². The average Bonchev–Trinajstić information content (AvgIpc) is 2.54. The monoisotopic (exact) mass is 325 g/mol. The highest BCUT2D eigenvalue weighted by Crippen LogP contribution is 2.33. The van der Waals surface area contributed by atoms with Crippen molar-refractivity contribution in [2.24, 2.45) is 0 Å². The van der Waals surface area contributed by atoms with Crippen LogP contribution < -0.4 is 10.6 Å². The summed E-state index contributed by atoms with van der Waals surface area (Å²) in [7, 11) is 0. The minimum atomic E-state index is -0.561. The van der Waals surface area contributed by atoms with E-state index in [1.54, 1.807) is 24.3 Å². The maximum absolute atomic E-state index is 12.5. The number of halogens is 1. The topological polar surface area (TPSA) is 82.0 Å². The number of amides is 2. The summed E-state index contributed by atoms with van der Waals surface area (Å²) in [5, 5.41) is 14.6. The molecule has 23 heavy (non-hydrogen) atoms. The minimum absolute atomic E-state index is 0.0901. The van der Waals surface area contributed by atoms with Crippen LogP contribution in [0.3, 0.4) is 0 Å². The Bertz CT molecular complexity index is 842. The first kappa shape index (κ1) is 15.1. The molecular formula is C17H12ClN3O2. The fourth-order valence-electron chi connectivity index (χ4n) is 2.56. The summed E-state index contributed by atoms with van der Waals surface area (Å²) >= 11 is 5.97. The lowest BCUT2D eigenvalue weighted by atomic mass is 9.90. The largest absolute Gasteiger partial charge is 0.326 e. The molecule has 0 radical (unpaired) electrons. The van der Waals surface area contributed by atoms with E-state index in [0.717, 1.165) is 5.56 Å². The number of carbonyl (C=O) groups is 2. The number of nitriles is 1. The normalized spacial score (nSPS) is 16.0. The van der Waals surface area contributed by atoms with Crippen LogP contribution in [0.25, 0.3) is 0 Å². The van der Waals surface area contributed by atoms with E-state index >= 15 is 0 Å². The Morgan fingerprint density at radius 3 is 2.83 bits per heavy atom. The van der Waals surface area contributed by atoms with Gasteiger partial charge in [-0.15, -0.1) is 0 Å². The highest BCUT2D eigenvalue weighted by atomic mass is 35.5. The van der Waals surface area contributed by atoms with Gasteiger partial charge in [-0.3, -0.25) is 9.59 Å². The third kappa shape index (κ3) is 3.03. The molecule has 0 bridgehead atoms. The van der Waals surface area contributed by atoms with Crippen molar-refractivity contribution < 1.29 is 9.59 Å². The van der Waals surface area contributed by atoms with Gasteiger partial charge in [0.1, 0.15) is 6.07 Å². The fourth-order valence-corrected chi connectivity index (χ4v) is 2.78. The number of hydrogen-bond acceptors (Lipinski definition) is 3. The molecule has 2 aromatic rings. The van der Waals surface area contributed by atoms with Gasteiger partial charge in [0, 0.05) is 17.8 Å². The minimum Gasteiger partial charge on any atom is -0.326 e. The number of carbonyl (C=O) groups excluding carboxylic acids is 2. The molecule has 0 aromatic heterocycles. The standard InChI is InChI=1S/C17H12ClN3O2/c18-14-7-11(6-5-10(14)9-19)20-17(23)13-8-16(22)21-15-4-2-1-3-12(13)15/h1-7,13H,8H2,(H,20,23)(H,21,22). The van der Waals surface area contributed by atoms with Crippen molar-refractivity contribution in [3.8, 4) is 6.07 Å². The first-order valence-corrected chi connectivity index (χ1v) is 7.35. The van der Waals surface area contributed by atoms with Gasteiger partial charge < -0.3 is 10.6 Å². The first-order chi connectivity index (χ1) is 11.1. The van der Waals surface area contributed by atoms with Crippen LogP contribution in [0.5, 0.6) is 0 Å². The second-order valence-electron chi connectivity index (χ2n) is 5.19. The molecule has 1 unspecified atom stereocenters. The van der Waals surface area contributed by atoms with Crippen LogP contribution in [0, 0.1) is 11.3 Å². The van der Waals surface area contributed by atoms with Crippen LogP contribution in [0.1, 0.15) is 23.5 Å². The fraction of sp³-hybridized carbons (Fsp3) is 0.118. The van der Waals surface area contributed by atoms with Gasteiger partial charge in [0.05, 0.1) is 16.5 Å². The van der Waals surface area contributed by atoms with Gasteiger partial charge in [0.25, 0.3) is 0 Å². The summed E-state index contributed by atoms with van der Waals surface area (Å²) in [6.07, 6.45) is 0.0901. The molecule has 1 aliphatic heterocycles. The van der Waals surface area contributed by atoms with Crippen LogP contribution >= 0.6 is 11.6 Å². The molecule has 6 heteroatoms. The van der Waals surface area contributed by atoms with Gasteiger partial charge in [0.2, 0.25) is 11.8 Å². The quantitative estimate of drug-likeness (QED) is 0.889. The van der Waals surface area contributed by atoms with Gasteiger partial charge in [-0.2, -0.15) is 5.26 Å². The lowest BCUT2D eigenvalue weighted by Crippen LogP contribution is -2.30. The smallest absolute Gasteiger partial charge is 0.232 e. The maximum atomic E-state index is 12.5. The molecular weight excluding hydrogens is 314 g/mol.